The van der Waals surface area contributed by atoms with Gasteiger partial charge < -0.3 is 4.74 Å². The lowest BCUT2D eigenvalue weighted by molar-refractivity contribution is -0.117. The average molecular weight is 192 g/mol. The number of carbonyl (C=O) groups is 1. The molecule has 0 aromatic carbocycles. The third-order valence-electron chi connectivity index (χ3n) is 3.15. The molecule has 1 atom stereocenters. The van der Waals surface area contributed by atoms with Crippen molar-refractivity contribution in [3.8, 4) is 0 Å². The molecule has 0 saturated heterocycles. The fourth-order valence-electron chi connectivity index (χ4n) is 2.13. The molecule has 0 fully saturated rings. The van der Waals surface area contributed by atoms with Gasteiger partial charge in [0.1, 0.15) is 11.5 Å². The highest BCUT2D eigenvalue weighted by Crippen LogP contribution is 2.39. The van der Waals surface area contributed by atoms with Crippen molar-refractivity contribution >= 4 is 5.78 Å². The summed E-state index contributed by atoms with van der Waals surface area (Å²) in [5.74, 6) is 2.89. The molecule has 0 aromatic heterocycles. The quantitative estimate of drug-likeness (QED) is 0.638. The number of ketones is 1. The third-order valence-corrected chi connectivity index (χ3v) is 3.15. The summed E-state index contributed by atoms with van der Waals surface area (Å²) in [7, 11) is 0. The Labute approximate surface area is 84.6 Å². The molecule has 0 amide bonds. The molecular weight excluding hydrogens is 176 g/mol. The predicted molar refractivity (Wildman–Crippen MR) is 54.4 cm³/mol. The fourth-order valence-corrected chi connectivity index (χ4v) is 2.13. The SMILES string of the molecule is C=C1CC2=C(CC(C(C)C)CC2=O)O1. The number of rotatable bonds is 1. The van der Waals surface area contributed by atoms with Gasteiger partial charge in [-0.15, -0.1) is 0 Å². The molecule has 2 rings (SSSR count). The van der Waals surface area contributed by atoms with E-state index < -0.39 is 0 Å². The molecule has 2 heteroatoms. The Morgan fingerprint density at radius 2 is 2.14 bits per heavy atom. The Morgan fingerprint density at radius 1 is 1.43 bits per heavy atom. The molecular formula is C12H16O2. The number of hydrogen-bond donors (Lipinski definition) is 0. The van der Waals surface area contributed by atoms with Crippen LogP contribution in [0.1, 0.15) is 33.1 Å². The van der Waals surface area contributed by atoms with Crippen molar-refractivity contribution in [3.05, 3.63) is 23.7 Å². The van der Waals surface area contributed by atoms with E-state index in [-0.39, 0.29) is 5.78 Å². The van der Waals surface area contributed by atoms with Gasteiger partial charge in [-0.1, -0.05) is 20.4 Å². The van der Waals surface area contributed by atoms with Crippen LogP contribution in [-0.4, -0.2) is 5.78 Å². The van der Waals surface area contributed by atoms with Gasteiger partial charge in [0, 0.05) is 24.8 Å². The van der Waals surface area contributed by atoms with Gasteiger partial charge in [-0.25, -0.2) is 0 Å². The molecule has 0 saturated carbocycles. The monoisotopic (exact) mass is 192 g/mol. The lowest BCUT2D eigenvalue weighted by Gasteiger charge is -2.24. The highest BCUT2D eigenvalue weighted by Gasteiger charge is 2.34. The molecule has 0 aromatic rings. The van der Waals surface area contributed by atoms with Gasteiger partial charge in [-0.2, -0.15) is 0 Å². The van der Waals surface area contributed by atoms with Gasteiger partial charge in [-0.3, -0.25) is 4.79 Å². The first kappa shape index (κ1) is 9.50. The summed E-state index contributed by atoms with van der Waals surface area (Å²) in [4.78, 5) is 11.8. The van der Waals surface area contributed by atoms with Crippen LogP contribution in [0.5, 0.6) is 0 Å². The summed E-state index contributed by atoms with van der Waals surface area (Å²) in [5, 5.41) is 0. The maximum absolute atomic E-state index is 11.8. The fraction of sp³-hybridized carbons (Fsp3) is 0.583. The Kier molecular flexibility index (Phi) is 2.22. The van der Waals surface area contributed by atoms with E-state index in [9.17, 15) is 4.79 Å². The molecule has 0 N–H and O–H groups in total. The van der Waals surface area contributed by atoms with E-state index in [1.165, 1.54) is 0 Å². The molecule has 1 heterocycles. The highest BCUT2D eigenvalue weighted by atomic mass is 16.5. The van der Waals surface area contributed by atoms with Crippen LogP contribution in [0.25, 0.3) is 0 Å². The maximum atomic E-state index is 11.8. The normalized spacial score (nSPS) is 26.9. The van der Waals surface area contributed by atoms with Crippen molar-refractivity contribution in [2.75, 3.05) is 0 Å². The van der Waals surface area contributed by atoms with Crippen molar-refractivity contribution in [2.45, 2.75) is 33.1 Å². The smallest absolute Gasteiger partial charge is 0.162 e. The van der Waals surface area contributed by atoms with Crippen molar-refractivity contribution in [3.63, 3.8) is 0 Å². The van der Waals surface area contributed by atoms with Crippen LogP contribution in [0.3, 0.4) is 0 Å². The van der Waals surface area contributed by atoms with Gasteiger partial charge in [0.2, 0.25) is 0 Å². The second-order valence-electron chi connectivity index (χ2n) is 4.55. The van der Waals surface area contributed by atoms with Gasteiger partial charge in [0.15, 0.2) is 5.78 Å². The van der Waals surface area contributed by atoms with Crippen LogP contribution in [0.2, 0.25) is 0 Å². The summed E-state index contributed by atoms with van der Waals surface area (Å²) in [6.07, 6.45) is 2.24. The van der Waals surface area contributed by atoms with E-state index in [0.717, 1.165) is 23.5 Å². The van der Waals surface area contributed by atoms with Gasteiger partial charge in [0.25, 0.3) is 0 Å². The zero-order valence-corrected chi connectivity index (χ0v) is 8.80. The second kappa shape index (κ2) is 3.26. The number of carbonyl (C=O) groups excluding carboxylic acids is 1. The van der Waals surface area contributed by atoms with Crippen LogP contribution in [0.15, 0.2) is 23.7 Å². The molecule has 76 valence electrons. The van der Waals surface area contributed by atoms with Crippen LogP contribution in [0.4, 0.5) is 0 Å². The summed E-state index contributed by atoms with van der Waals surface area (Å²) < 4.78 is 5.48. The summed E-state index contributed by atoms with van der Waals surface area (Å²) in [6.45, 7) is 8.09. The van der Waals surface area contributed by atoms with Crippen molar-refractivity contribution in [1.29, 1.82) is 0 Å². The van der Waals surface area contributed by atoms with Gasteiger partial charge >= 0.3 is 0 Å². The lowest BCUT2D eigenvalue weighted by atomic mass is 9.80. The van der Waals surface area contributed by atoms with Crippen LogP contribution in [0, 0.1) is 11.8 Å². The first-order valence-electron chi connectivity index (χ1n) is 5.18. The minimum Gasteiger partial charge on any atom is -0.466 e. The summed E-state index contributed by atoms with van der Waals surface area (Å²) in [6, 6.07) is 0. The summed E-state index contributed by atoms with van der Waals surface area (Å²) >= 11 is 0. The maximum Gasteiger partial charge on any atom is 0.162 e. The Bertz CT molecular complexity index is 323. The first-order chi connectivity index (χ1) is 6.58. The average Bonchev–Trinajstić information content (AvgIpc) is 2.45. The predicted octanol–water partition coefficient (Wildman–Crippen LogP) is 2.81. The molecule has 0 radical (unpaired) electrons. The lowest BCUT2D eigenvalue weighted by Crippen LogP contribution is -2.21. The highest BCUT2D eigenvalue weighted by molar-refractivity contribution is 5.97. The number of ether oxygens (including phenoxy) is 1. The van der Waals surface area contributed by atoms with Gasteiger partial charge in [-0.05, 0) is 11.8 Å². The van der Waals surface area contributed by atoms with Crippen molar-refractivity contribution in [1.82, 2.24) is 0 Å². The van der Waals surface area contributed by atoms with Gasteiger partial charge in [0.05, 0.1) is 0 Å². The van der Waals surface area contributed by atoms with E-state index in [0.29, 0.717) is 24.7 Å². The molecule has 1 unspecified atom stereocenters. The minimum absolute atomic E-state index is 0.267. The van der Waals surface area contributed by atoms with Crippen LogP contribution < -0.4 is 0 Å². The second-order valence-corrected chi connectivity index (χ2v) is 4.55. The first-order valence-corrected chi connectivity index (χ1v) is 5.18. The number of Topliss-reactive ketones (excluding diaryl/α,β-unsaturated/α-hetero) is 1. The Balaban J connectivity index is 2.21. The molecule has 1 aliphatic carbocycles. The van der Waals surface area contributed by atoms with Crippen LogP contribution >= 0.6 is 0 Å². The zero-order valence-electron chi connectivity index (χ0n) is 8.80. The number of hydrogen-bond acceptors (Lipinski definition) is 2. The molecule has 0 bridgehead atoms. The topological polar surface area (TPSA) is 26.3 Å². The minimum atomic E-state index is 0.267. The Morgan fingerprint density at radius 3 is 2.79 bits per heavy atom. The van der Waals surface area contributed by atoms with E-state index in [4.69, 9.17) is 4.74 Å². The van der Waals surface area contributed by atoms with E-state index in [1.807, 2.05) is 0 Å². The van der Waals surface area contributed by atoms with E-state index in [1.54, 1.807) is 0 Å². The molecule has 2 nitrogen and oxygen atoms in total. The third kappa shape index (κ3) is 1.49. The van der Waals surface area contributed by atoms with Crippen molar-refractivity contribution < 1.29 is 9.53 Å². The molecule has 0 spiro atoms. The van der Waals surface area contributed by atoms with E-state index >= 15 is 0 Å². The Hall–Kier alpha value is -1.05. The zero-order chi connectivity index (χ0) is 10.3. The molecule has 14 heavy (non-hydrogen) atoms. The molecule has 1 aliphatic heterocycles. The summed E-state index contributed by atoms with van der Waals surface area (Å²) in [5.41, 5.74) is 0.881. The van der Waals surface area contributed by atoms with Crippen molar-refractivity contribution in [2.24, 2.45) is 11.8 Å². The standard InChI is InChI=1S/C12H16O2/c1-7(2)9-5-11(13)10-4-8(3)14-12(10)6-9/h7,9H,3-6H2,1-2H3. The van der Waals surface area contributed by atoms with Crippen LogP contribution in [-0.2, 0) is 9.53 Å². The molecule has 2 aliphatic rings. The van der Waals surface area contributed by atoms with E-state index in [2.05, 4.69) is 20.4 Å². The number of allylic oxidation sites excluding steroid dienone is 2. The largest absolute Gasteiger partial charge is 0.466 e.